The summed E-state index contributed by atoms with van der Waals surface area (Å²) in [5.74, 6) is 0. The summed E-state index contributed by atoms with van der Waals surface area (Å²) in [6.07, 6.45) is 2.97. The molecule has 82 valence electrons. The fourth-order valence-corrected chi connectivity index (χ4v) is 2.19. The van der Waals surface area contributed by atoms with Gasteiger partial charge in [0.2, 0.25) is 0 Å². The first kappa shape index (κ1) is 10.7. The van der Waals surface area contributed by atoms with Gasteiger partial charge in [0.05, 0.1) is 0 Å². The Morgan fingerprint density at radius 3 is 2.60 bits per heavy atom. The van der Waals surface area contributed by atoms with Crippen LogP contribution in [0.1, 0.15) is 30.9 Å². The molecule has 1 aromatic carbocycles. The lowest BCUT2D eigenvalue weighted by Gasteiger charge is -2.33. The lowest BCUT2D eigenvalue weighted by molar-refractivity contribution is 0.0123. The molecule has 2 N–H and O–H groups in total. The van der Waals surface area contributed by atoms with Crippen LogP contribution in [0.15, 0.2) is 24.3 Å². The van der Waals surface area contributed by atoms with Gasteiger partial charge in [-0.05, 0) is 36.9 Å². The Morgan fingerprint density at radius 2 is 2.07 bits per heavy atom. The van der Waals surface area contributed by atoms with Crippen LogP contribution < -0.4 is 5.32 Å². The SMILES string of the molecule is CCc1ccc(C2(O)CCCNC2)cc1. The molecule has 1 aliphatic rings. The van der Waals surface area contributed by atoms with E-state index in [1.807, 2.05) is 0 Å². The minimum absolute atomic E-state index is 0.648. The topological polar surface area (TPSA) is 32.3 Å². The molecule has 2 nitrogen and oxygen atoms in total. The van der Waals surface area contributed by atoms with Crippen LogP contribution in [0.2, 0.25) is 0 Å². The van der Waals surface area contributed by atoms with Crippen molar-refractivity contribution < 1.29 is 5.11 Å². The van der Waals surface area contributed by atoms with E-state index >= 15 is 0 Å². The smallest absolute Gasteiger partial charge is 0.102 e. The molecule has 1 saturated heterocycles. The van der Waals surface area contributed by atoms with Gasteiger partial charge in [0, 0.05) is 6.54 Å². The van der Waals surface area contributed by atoms with E-state index in [2.05, 4.69) is 36.5 Å². The van der Waals surface area contributed by atoms with E-state index in [0.717, 1.165) is 31.4 Å². The van der Waals surface area contributed by atoms with E-state index in [9.17, 15) is 5.11 Å². The van der Waals surface area contributed by atoms with E-state index in [0.29, 0.717) is 6.54 Å². The fraction of sp³-hybridized carbons (Fsp3) is 0.538. The number of hydrogen-bond donors (Lipinski definition) is 2. The Hall–Kier alpha value is -0.860. The number of aryl methyl sites for hydroxylation is 1. The van der Waals surface area contributed by atoms with E-state index in [1.54, 1.807) is 0 Å². The second-order valence-corrected chi connectivity index (χ2v) is 4.36. The van der Waals surface area contributed by atoms with E-state index in [4.69, 9.17) is 0 Å². The molecule has 2 heteroatoms. The number of nitrogens with one attached hydrogen (secondary N) is 1. The molecular formula is C13H19NO. The lowest BCUT2D eigenvalue weighted by Crippen LogP contribution is -2.43. The molecule has 0 saturated carbocycles. The second kappa shape index (κ2) is 4.33. The summed E-state index contributed by atoms with van der Waals surface area (Å²) >= 11 is 0. The van der Waals surface area contributed by atoms with Gasteiger partial charge < -0.3 is 10.4 Å². The number of hydrogen-bond acceptors (Lipinski definition) is 2. The van der Waals surface area contributed by atoms with Crippen molar-refractivity contribution in [2.75, 3.05) is 13.1 Å². The minimum Gasteiger partial charge on any atom is -0.384 e. The molecule has 1 unspecified atom stereocenters. The molecule has 1 atom stereocenters. The van der Waals surface area contributed by atoms with Gasteiger partial charge in [-0.15, -0.1) is 0 Å². The van der Waals surface area contributed by atoms with Crippen LogP contribution in [0.4, 0.5) is 0 Å². The predicted molar refractivity (Wildman–Crippen MR) is 61.8 cm³/mol. The molecule has 1 aliphatic heterocycles. The maximum atomic E-state index is 10.4. The van der Waals surface area contributed by atoms with E-state index in [-0.39, 0.29) is 0 Å². The predicted octanol–water partition coefficient (Wildman–Crippen LogP) is 1.82. The van der Waals surface area contributed by atoms with Crippen LogP contribution in [0.25, 0.3) is 0 Å². The zero-order chi connectivity index (χ0) is 10.7. The van der Waals surface area contributed by atoms with Crippen molar-refractivity contribution in [3.8, 4) is 0 Å². The summed E-state index contributed by atoms with van der Waals surface area (Å²) in [6.45, 7) is 3.85. The zero-order valence-corrected chi connectivity index (χ0v) is 9.29. The minimum atomic E-state index is -0.648. The van der Waals surface area contributed by atoms with Crippen molar-refractivity contribution in [1.82, 2.24) is 5.32 Å². The zero-order valence-electron chi connectivity index (χ0n) is 9.29. The molecule has 0 aromatic heterocycles. The number of β-amino-alcohol motifs (C(OH)–C–C–N with tert-alkyl or cyclic N) is 1. The summed E-state index contributed by atoms with van der Waals surface area (Å²) in [7, 11) is 0. The molecule has 15 heavy (non-hydrogen) atoms. The Kier molecular flexibility index (Phi) is 3.08. The van der Waals surface area contributed by atoms with Crippen molar-refractivity contribution in [3.05, 3.63) is 35.4 Å². The molecule has 2 rings (SSSR count). The third kappa shape index (κ3) is 2.21. The number of benzene rings is 1. The van der Waals surface area contributed by atoms with Gasteiger partial charge in [0.15, 0.2) is 0 Å². The fourth-order valence-electron chi connectivity index (χ4n) is 2.19. The van der Waals surface area contributed by atoms with Crippen molar-refractivity contribution in [2.24, 2.45) is 0 Å². The summed E-state index contributed by atoms with van der Waals surface area (Å²) in [6, 6.07) is 8.35. The standard InChI is InChI=1S/C13H19NO/c1-2-11-4-6-12(7-5-11)13(15)8-3-9-14-10-13/h4-7,14-15H,2-3,8-10H2,1H3. The first-order chi connectivity index (χ1) is 7.24. The maximum absolute atomic E-state index is 10.4. The third-order valence-electron chi connectivity index (χ3n) is 3.26. The van der Waals surface area contributed by atoms with Gasteiger partial charge in [-0.2, -0.15) is 0 Å². The normalized spacial score (nSPS) is 26.5. The van der Waals surface area contributed by atoms with E-state index in [1.165, 1.54) is 5.56 Å². The molecule has 1 fully saturated rings. The summed E-state index contributed by atoms with van der Waals surface area (Å²) < 4.78 is 0. The third-order valence-corrected chi connectivity index (χ3v) is 3.26. The highest BCUT2D eigenvalue weighted by molar-refractivity contribution is 5.28. The molecule has 0 radical (unpaired) electrons. The van der Waals surface area contributed by atoms with Gasteiger partial charge in [0.25, 0.3) is 0 Å². The van der Waals surface area contributed by atoms with Crippen molar-refractivity contribution in [3.63, 3.8) is 0 Å². The number of piperidine rings is 1. The monoisotopic (exact) mass is 205 g/mol. The molecule has 0 amide bonds. The van der Waals surface area contributed by atoms with Crippen LogP contribution in [-0.4, -0.2) is 18.2 Å². The first-order valence-electron chi connectivity index (χ1n) is 5.77. The number of aliphatic hydroxyl groups is 1. The molecule has 0 aliphatic carbocycles. The van der Waals surface area contributed by atoms with Crippen LogP contribution in [0.3, 0.4) is 0 Å². The Morgan fingerprint density at radius 1 is 1.33 bits per heavy atom. The molecule has 1 aromatic rings. The number of rotatable bonds is 2. The van der Waals surface area contributed by atoms with Gasteiger partial charge in [-0.3, -0.25) is 0 Å². The quantitative estimate of drug-likeness (QED) is 0.772. The van der Waals surface area contributed by atoms with Gasteiger partial charge in [0.1, 0.15) is 5.60 Å². The van der Waals surface area contributed by atoms with Gasteiger partial charge >= 0.3 is 0 Å². The average molecular weight is 205 g/mol. The summed E-state index contributed by atoms with van der Waals surface area (Å²) in [5, 5.41) is 13.7. The Labute approximate surface area is 91.3 Å². The Bertz CT molecular complexity index is 312. The molecule has 0 bridgehead atoms. The largest absolute Gasteiger partial charge is 0.384 e. The van der Waals surface area contributed by atoms with Crippen molar-refractivity contribution in [2.45, 2.75) is 31.8 Å². The van der Waals surface area contributed by atoms with Gasteiger partial charge in [-0.25, -0.2) is 0 Å². The highest BCUT2D eigenvalue weighted by Crippen LogP contribution is 2.28. The maximum Gasteiger partial charge on any atom is 0.102 e. The van der Waals surface area contributed by atoms with Crippen LogP contribution in [0.5, 0.6) is 0 Å². The molecule has 1 heterocycles. The van der Waals surface area contributed by atoms with Crippen molar-refractivity contribution in [1.29, 1.82) is 0 Å². The van der Waals surface area contributed by atoms with Crippen molar-refractivity contribution >= 4 is 0 Å². The highest BCUT2D eigenvalue weighted by atomic mass is 16.3. The second-order valence-electron chi connectivity index (χ2n) is 4.36. The molecule has 0 spiro atoms. The molecular weight excluding hydrogens is 186 g/mol. The first-order valence-corrected chi connectivity index (χ1v) is 5.77. The van der Waals surface area contributed by atoms with Crippen LogP contribution >= 0.6 is 0 Å². The average Bonchev–Trinajstić information content (AvgIpc) is 2.30. The van der Waals surface area contributed by atoms with Crippen LogP contribution in [0, 0.1) is 0 Å². The Balaban J connectivity index is 2.20. The van der Waals surface area contributed by atoms with Crippen LogP contribution in [-0.2, 0) is 12.0 Å². The summed E-state index contributed by atoms with van der Waals surface area (Å²) in [5.41, 5.74) is 1.72. The van der Waals surface area contributed by atoms with Gasteiger partial charge in [-0.1, -0.05) is 31.2 Å². The van der Waals surface area contributed by atoms with E-state index < -0.39 is 5.60 Å². The lowest BCUT2D eigenvalue weighted by atomic mass is 9.86. The highest BCUT2D eigenvalue weighted by Gasteiger charge is 2.30. The summed E-state index contributed by atoms with van der Waals surface area (Å²) in [4.78, 5) is 0.